The molecule has 160 valence electrons. The van der Waals surface area contributed by atoms with Gasteiger partial charge in [-0.15, -0.1) is 5.10 Å². The molecule has 2 heterocycles. The molecule has 1 aliphatic rings. The Balaban J connectivity index is 1.42. The Morgan fingerprint density at radius 1 is 1.06 bits per heavy atom. The zero-order valence-corrected chi connectivity index (χ0v) is 16.3. The van der Waals surface area contributed by atoms with Crippen molar-refractivity contribution >= 4 is 23.2 Å². The summed E-state index contributed by atoms with van der Waals surface area (Å²) < 4.78 is 38.9. The summed E-state index contributed by atoms with van der Waals surface area (Å²) in [6.45, 7) is 2.24. The Morgan fingerprint density at radius 2 is 1.84 bits per heavy atom. The third-order valence-electron chi connectivity index (χ3n) is 4.50. The fraction of sp³-hybridized carbons (Fsp3) is 0.200. The lowest BCUT2D eigenvalue weighted by Crippen LogP contribution is -2.21. The van der Waals surface area contributed by atoms with Gasteiger partial charge in [0.05, 0.1) is 11.4 Å². The van der Waals surface area contributed by atoms with Crippen LogP contribution in [0.3, 0.4) is 0 Å². The Labute approximate surface area is 175 Å². The van der Waals surface area contributed by atoms with E-state index in [1.165, 1.54) is 4.68 Å². The number of aromatic nitrogens is 3. The van der Waals surface area contributed by atoms with E-state index in [0.717, 1.165) is 12.1 Å². The summed E-state index contributed by atoms with van der Waals surface area (Å²) in [5.74, 6) is -1.68. The number of ether oxygens (including phenoxy) is 2. The van der Waals surface area contributed by atoms with E-state index in [-0.39, 0.29) is 17.9 Å². The van der Waals surface area contributed by atoms with Crippen molar-refractivity contribution in [1.82, 2.24) is 15.0 Å². The third-order valence-corrected chi connectivity index (χ3v) is 4.50. The van der Waals surface area contributed by atoms with Crippen molar-refractivity contribution < 1.29 is 27.8 Å². The fourth-order valence-corrected chi connectivity index (χ4v) is 2.95. The second-order valence-corrected chi connectivity index (χ2v) is 6.67. The SMILES string of the molecule is Cc1c(C(=O)Nc2ccc(F)cc2F)nnn1CC(=O)Nc1ccc2c(c1)OCCO2. The topological polar surface area (TPSA) is 107 Å². The van der Waals surface area contributed by atoms with Crippen LogP contribution in [0.15, 0.2) is 36.4 Å². The number of hydrogen-bond acceptors (Lipinski definition) is 6. The number of nitrogens with one attached hydrogen (secondary N) is 2. The van der Waals surface area contributed by atoms with Gasteiger partial charge < -0.3 is 20.1 Å². The van der Waals surface area contributed by atoms with Crippen LogP contribution in [-0.4, -0.2) is 40.0 Å². The summed E-state index contributed by atoms with van der Waals surface area (Å²) in [6.07, 6.45) is 0. The maximum Gasteiger partial charge on any atom is 0.278 e. The van der Waals surface area contributed by atoms with Crippen LogP contribution < -0.4 is 20.1 Å². The third kappa shape index (κ3) is 4.44. The van der Waals surface area contributed by atoms with E-state index < -0.39 is 23.4 Å². The van der Waals surface area contributed by atoms with Gasteiger partial charge in [-0.2, -0.15) is 0 Å². The zero-order chi connectivity index (χ0) is 22.0. The molecule has 31 heavy (non-hydrogen) atoms. The lowest BCUT2D eigenvalue weighted by Gasteiger charge is -2.19. The molecule has 0 bridgehead atoms. The van der Waals surface area contributed by atoms with Gasteiger partial charge in [0.2, 0.25) is 5.91 Å². The molecule has 0 atom stereocenters. The van der Waals surface area contributed by atoms with E-state index in [1.807, 2.05) is 0 Å². The molecule has 9 nitrogen and oxygen atoms in total. The van der Waals surface area contributed by atoms with Crippen molar-refractivity contribution in [3.05, 3.63) is 59.4 Å². The number of rotatable bonds is 5. The fourth-order valence-electron chi connectivity index (χ4n) is 2.95. The highest BCUT2D eigenvalue weighted by Gasteiger charge is 2.20. The lowest BCUT2D eigenvalue weighted by atomic mass is 10.2. The van der Waals surface area contributed by atoms with Crippen molar-refractivity contribution in [2.75, 3.05) is 23.8 Å². The molecular weight excluding hydrogens is 412 g/mol. The first kappa shape index (κ1) is 20.3. The number of nitrogens with zero attached hydrogens (tertiary/aromatic N) is 3. The van der Waals surface area contributed by atoms with Gasteiger partial charge in [0.25, 0.3) is 5.91 Å². The second-order valence-electron chi connectivity index (χ2n) is 6.67. The van der Waals surface area contributed by atoms with Crippen molar-refractivity contribution in [2.24, 2.45) is 0 Å². The van der Waals surface area contributed by atoms with Crippen LogP contribution in [-0.2, 0) is 11.3 Å². The van der Waals surface area contributed by atoms with E-state index in [4.69, 9.17) is 9.47 Å². The quantitative estimate of drug-likeness (QED) is 0.646. The number of hydrogen-bond donors (Lipinski definition) is 2. The average molecular weight is 429 g/mol. The monoisotopic (exact) mass is 429 g/mol. The molecule has 2 amide bonds. The first-order valence-corrected chi connectivity index (χ1v) is 9.26. The number of fused-ring (bicyclic) bond motifs is 1. The maximum absolute atomic E-state index is 13.8. The lowest BCUT2D eigenvalue weighted by molar-refractivity contribution is -0.117. The van der Waals surface area contributed by atoms with Gasteiger partial charge in [-0.3, -0.25) is 9.59 Å². The molecule has 0 spiro atoms. The summed E-state index contributed by atoms with van der Waals surface area (Å²) >= 11 is 0. The predicted molar refractivity (Wildman–Crippen MR) is 105 cm³/mol. The maximum atomic E-state index is 13.8. The van der Waals surface area contributed by atoms with Crippen LogP contribution in [0, 0.1) is 18.6 Å². The first-order valence-electron chi connectivity index (χ1n) is 9.26. The van der Waals surface area contributed by atoms with Crippen LogP contribution in [0.4, 0.5) is 20.2 Å². The summed E-state index contributed by atoms with van der Waals surface area (Å²) in [7, 11) is 0. The highest BCUT2D eigenvalue weighted by Crippen LogP contribution is 2.32. The number of anilines is 2. The van der Waals surface area contributed by atoms with Crippen LogP contribution in [0.5, 0.6) is 11.5 Å². The van der Waals surface area contributed by atoms with Crippen LogP contribution in [0.25, 0.3) is 0 Å². The minimum Gasteiger partial charge on any atom is -0.486 e. The largest absolute Gasteiger partial charge is 0.486 e. The Kier molecular flexibility index (Phi) is 5.48. The molecule has 0 aliphatic carbocycles. The molecule has 1 aromatic heterocycles. The normalized spacial score (nSPS) is 12.4. The van der Waals surface area contributed by atoms with E-state index in [1.54, 1.807) is 25.1 Å². The van der Waals surface area contributed by atoms with Gasteiger partial charge in [0.1, 0.15) is 31.4 Å². The number of carbonyl (C=O) groups is 2. The van der Waals surface area contributed by atoms with Crippen molar-refractivity contribution in [3.8, 4) is 11.5 Å². The number of amides is 2. The summed E-state index contributed by atoms with van der Waals surface area (Å²) in [5.41, 5.74) is 0.529. The molecule has 1 aliphatic heterocycles. The highest BCUT2D eigenvalue weighted by atomic mass is 19.1. The van der Waals surface area contributed by atoms with Gasteiger partial charge in [-0.05, 0) is 31.2 Å². The molecule has 0 saturated heterocycles. The van der Waals surface area contributed by atoms with Crippen LogP contribution in [0.1, 0.15) is 16.2 Å². The Bertz CT molecular complexity index is 1160. The van der Waals surface area contributed by atoms with Crippen molar-refractivity contribution in [3.63, 3.8) is 0 Å². The molecule has 0 radical (unpaired) electrons. The number of halogens is 2. The van der Waals surface area contributed by atoms with Crippen molar-refractivity contribution in [1.29, 1.82) is 0 Å². The number of benzene rings is 2. The van der Waals surface area contributed by atoms with Gasteiger partial charge in [-0.1, -0.05) is 5.21 Å². The van der Waals surface area contributed by atoms with Gasteiger partial charge in [-0.25, -0.2) is 13.5 Å². The van der Waals surface area contributed by atoms with E-state index in [0.29, 0.717) is 42.2 Å². The van der Waals surface area contributed by atoms with Gasteiger partial charge in [0, 0.05) is 17.8 Å². The van der Waals surface area contributed by atoms with Gasteiger partial charge in [0.15, 0.2) is 17.2 Å². The Hall–Kier alpha value is -4.02. The molecule has 3 aromatic rings. The molecule has 11 heteroatoms. The number of carbonyl (C=O) groups excluding carboxylic acids is 2. The molecule has 0 fully saturated rings. The second kappa shape index (κ2) is 8.38. The average Bonchev–Trinajstić information content (AvgIpc) is 3.10. The molecule has 4 rings (SSSR count). The summed E-state index contributed by atoms with van der Waals surface area (Å²) in [6, 6.07) is 7.80. The zero-order valence-electron chi connectivity index (χ0n) is 16.3. The molecule has 0 saturated carbocycles. The van der Waals surface area contributed by atoms with Crippen LogP contribution in [0.2, 0.25) is 0 Å². The smallest absolute Gasteiger partial charge is 0.278 e. The standard InChI is InChI=1S/C20H17F2N5O4/c1-11-19(20(29)24-15-4-2-12(21)8-14(15)22)25-26-27(11)10-18(28)23-13-3-5-16-17(9-13)31-7-6-30-16/h2-5,8-9H,6-7,10H2,1H3,(H,23,28)(H,24,29). The van der Waals surface area contributed by atoms with Crippen LogP contribution >= 0.6 is 0 Å². The molecule has 2 aromatic carbocycles. The summed E-state index contributed by atoms with van der Waals surface area (Å²) in [4.78, 5) is 24.8. The predicted octanol–water partition coefficient (Wildman–Crippen LogP) is 2.53. The molecule has 0 unspecified atom stereocenters. The van der Waals surface area contributed by atoms with E-state index in [2.05, 4.69) is 20.9 Å². The summed E-state index contributed by atoms with van der Waals surface area (Å²) in [5, 5.41) is 12.6. The van der Waals surface area contributed by atoms with Gasteiger partial charge >= 0.3 is 0 Å². The minimum absolute atomic E-state index is 0.0872. The first-order chi connectivity index (χ1) is 14.9. The Morgan fingerprint density at radius 3 is 2.61 bits per heavy atom. The highest BCUT2D eigenvalue weighted by molar-refractivity contribution is 6.03. The molecule has 2 N–H and O–H groups in total. The van der Waals surface area contributed by atoms with E-state index >= 15 is 0 Å². The molecular formula is C20H17F2N5O4. The minimum atomic E-state index is -0.919. The van der Waals surface area contributed by atoms with Crippen molar-refractivity contribution in [2.45, 2.75) is 13.5 Å². The van der Waals surface area contributed by atoms with E-state index in [9.17, 15) is 18.4 Å².